The number of hydrogen-bond acceptors (Lipinski definition) is 3. The highest BCUT2D eigenvalue weighted by Gasteiger charge is 2.38. The Hall–Kier alpha value is -0.830. The van der Waals surface area contributed by atoms with Crippen molar-refractivity contribution < 1.29 is 9.53 Å². The minimum atomic E-state index is -0.602. The molecule has 1 heterocycles. The van der Waals surface area contributed by atoms with Gasteiger partial charge in [-0.1, -0.05) is 6.08 Å². The van der Waals surface area contributed by atoms with Crippen LogP contribution < -0.4 is 5.32 Å². The summed E-state index contributed by atoms with van der Waals surface area (Å²) in [5.41, 5.74) is -0.602. The fourth-order valence-corrected chi connectivity index (χ4v) is 1.38. The average molecular weight is 155 g/mol. The second-order valence-electron chi connectivity index (χ2n) is 2.70. The van der Waals surface area contributed by atoms with E-state index in [1.807, 2.05) is 0 Å². The van der Waals surface area contributed by atoms with Gasteiger partial charge in [0.25, 0.3) is 0 Å². The molecule has 62 valence electrons. The van der Waals surface area contributed by atoms with E-state index in [1.165, 1.54) is 7.11 Å². The maximum Gasteiger partial charge on any atom is 0.330 e. The fourth-order valence-electron chi connectivity index (χ4n) is 1.38. The summed E-state index contributed by atoms with van der Waals surface area (Å²) in [6, 6.07) is 0. The van der Waals surface area contributed by atoms with Crippen molar-refractivity contribution >= 4 is 5.97 Å². The van der Waals surface area contributed by atoms with Crippen molar-refractivity contribution in [3.05, 3.63) is 12.7 Å². The molecule has 1 saturated heterocycles. The van der Waals surface area contributed by atoms with Gasteiger partial charge in [0.1, 0.15) is 5.54 Å². The summed E-state index contributed by atoms with van der Waals surface area (Å²) >= 11 is 0. The molecule has 1 aliphatic heterocycles. The lowest BCUT2D eigenvalue weighted by Gasteiger charge is -2.21. The molecule has 0 aliphatic carbocycles. The number of nitrogens with one attached hydrogen (secondary N) is 1. The van der Waals surface area contributed by atoms with Gasteiger partial charge in [-0.15, -0.1) is 6.58 Å². The largest absolute Gasteiger partial charge is 0.467 e. The Morgan fingerprint density at radius 1 is 1.82 bits per heavy atom. The molecule has 1 rings (SSSR count). The van der Waals surface area contributed by atoms with Gasteiger partial charge in [-0.05, 0) is 19.4 Å². The van der Waals surface area contributed by atoms with Crippen LogP contribution in [0.2, 0.25) is 0 Å². The first-order chi connectivity index (χ1) is 5.25. The highest BCUT2D eigenvalue weighted by atomic mass is 16.5. The Balaban J connectivity index is 2.74. The molecule has 3 nitrogen and oxygen atoms in total. The van der Waals surface area contributed by atoms with E-state index in [-0.39, 0.29) is 5.97 Å². The minimum Gasteiger partial charge on any atom is -0.467 e. The van der Waals surface area contributed by atoms with Gasteiger partial charge in [-0.3, -0.25) is 5.32 Å². The van der Waals surface area contributed by atoms with E-state index in [1.54, 1.807) is 6.08 Å². The van der Waals surface area contributed by atoms with Crippen LogP contribution in [0.5, 0.6) is 0 Å². The zero-order valence-corrected chi connectivity index (χ0v) is 6.72. The summed E-state index contributed by atoms with van der Waals surface area (Å²) in [5.74, 6) is -0.231. The van der Waals surface area contributed by atoms with Gasteiger partial charge in [-0.25, -0.2) is 4.79 Å². The summed E-state index contributed by atoms with van der Waals surface area (Å²) in [4.78, 5) is 11.2. The molecule has 1 unspecified atom stereocenters. The van der Waals surface area contributed by atoms with Crippen LogP contribution in [0, 0.1) is 0 Å². The Kier molecular flexibility index (Phi) is 2.29. The maximum absolute atomic E-state index is 11.2. The molecule has 3 heteroatoms. The molecule has 1 aliphatic rings. The molecule has 0 saturated carbocycles. The van der Waals surface area contributed by atoms with Gasteiger partial charge in [0, 0.05) is 0 Å². The van der Waals surface area contributed by atoms with Crippen LogP contribution in [0.3, 0.4) is 0 Å². The number of carbonyl (C=O) groups excluding carboxylic acids is 1. The monoisotopic (exact) mass is 155 g/mol. The second-order valence-corrected chi connectivity index (χ2v) is 2.70. The van der Waals surface area contributed by atoms with Crippen molar-refractivity contribution in [1.29, 1.82) is 0 Å². The highest BCUT2D eigenvalue weighted by Crippen LogP contribution is 2.21. The Morgan fingerprint density at radius 3 is 2.91 bits per heavy atom. The third kappa shape index (κ3) is 1.28. The fraction of sp³-hybridized carbons (Fsp3) is 0.625. The minimum absolute atomic E-state index is 0.231. The predicted octanol–water partition coefficient (Wildman–Crippen LogP) is 0.468. The standard InChI is InChI=1S/C8H13NO2/c1-3-8(7(10)11-2)5-4-6-9-8/h3,9H,1,4-6H2,2H3. The van der Waals surface area contributed by atoms with Gasteiger partial charge in [0.05, 0.1) is 7.11 Å². The summed E-state index contributed by atoms with van der Waals surface area (Å²) < 4.78 is 4.66. The number of methoxy groups -OCH3 is 1. The van der Waals surface area contributed by atoms with Crippen LogP contribution in [0.4, 0.5) is 0 Å². The van der Waals surface area contributed by atoms with Gasteiger partial charge in [-0.2, -0.15) is 0 Å². The van der Waals surface area contributed by atoms with E-state index in [0.29, 0.717) is 0 Å². The first kappa shape index (κ1) is 8.27. The maximum atomic E-state index is 11.2. The first-order valence-electron chi connectivity index (χ1n) is 3.72. The number of hydrogen-bond donors (Lipinski definition) is 1. The topological polar surface area (TPSA) is 38.3 Å². The summed E-state index contributed by atoms with van der Waals surface area (Å²) in [5, 5.41) is 3.08. The summed E-state index contributed by atoms with van der Waals surface area (Å²) in [7, 11) is 1.40. The summed E-state index contributed by atoms with van der Waals surface area (Å²) in [6.45, 7) is 4.48. The van der Waals surface area contributed by atoms with Crippen LogP contribution in [-0.2, 0) is 9.53 Å². The van der Waals surface area contributed by atoms with E-state index in [4.69, 9.17) is 0 Å². The lowest BCUT2D eigenvalue weighted by atomic mass is 9.98. The van der Waals surface area contributed by atoms with Crippen LogP contribution in [-0.4, -0.2) is 25.2 Å². The quantitative estimate of drug-likeness (QED) is 0.465. The summed E-state index contributed by atoms with van der Waals surface area (Å²) in [6.07, 6.45) is 3.43. The van der Waals surface area contributed by atoms with Gasteiger partial charge in [0.15, 0.2) is 0 Å². The Bertz CT molecular complexity index is 171. The van der Waals surface area contributed by atoms with E-state index in [9.17, 15) is 4.79 Å². The molecule has 0 aromatic heterocycles. The number of rotatable bonds is 2. The van der Waals surface area contributed by atoms with E-state index < -0.39 is 5.54 Å². The number of esters is 1. The Labute approximate surface area is 66.4 Å². The normalized spacial score (nSPS) is 29.9. The van der Waals surface area contributed by atoms with E-state index >= 15 is 0 Å². The Morgan fingerprint density at radius 2 is 2.55 bits per heavy atom. The number of carbonyl (C=O) groups is 1. The highest BCUT2D eigenvalue weighted by molar-refractivity contribution is 5.83. The zero-order chi connectivity index (χ0) is 8.32. The van der Waals surface area contributed by atoms with Gasteiger partial charge >= 0.3 is 5.97 Å². The third-order valence-electron chi connectivity index (χ3n) is 2.09. The van der Waals surface area contributed by atoms with Crippen molar-refractivity contribution in [3.8, 4) is 0 Å². The molecule has 1 atom stereocenters. The molecule has 0 radical (unpaired) electrons. The van der Waals surface area contributed by atoms with Crippen LogP contribution in [0.1, 0.15) is 12.8 Å². The predicted molar refractivity (Wildman–Crippen MR) is 42.2 cm³/mol. The first-order valence-corrected chi connectivity index (χ1v) is 3.72. The SMILES string of the molecule is C=CC1(C(=O)OC)CCCN1. The van der Waals surface area contributed by atoms with E-state index in [0.717, 1.165) is 19.4 Å². The van der Waals surface area contributed by atoms with Crippen molar-refractivity contribution in [3.63, 3.8) is 0 Å². The zero-order valence-electron chi connectivity index (χ0n) is 6.72. The second kappa shape index (κ2) is 3.05. The van der Waals surface area contributed by atoms with Crippen molar-refractivity contribution in [1.82, 2.24) is 5.32 Å². The molecule has 0 spiro atoms. The molecule has 0 bridgehead atoms. The van der Waals surface area contributed by atoms with Crippen LogP contribution in [0.15, 0.2) is 12.7 Å². The third-order valence-corrected chi connectivity index (χ3v) is 2.09. The van der Waals surface area contributed by atoms with Crippen molar-refractivity contribution in [2.24, 2.45) is 0 Å². The molecular weight excluding hydrogens is 142 g/mol. The van der Waals surface area contributed by atoms with Crippen molar-refractivity contribution in [2.45, 2.75) is 18.4 Å². The lowest BCUT2D eigenvalue weighted by Crippen LogP contribution is -2.46. The molecule has 0 amide bonds. The molecule has 1 fully saturated rings. The van der Waals surface area contributed by atoms with Gasteiger partial charge < -0.3 is 4.74 Å². The molecular formula is C8H13NO2. The smallest absolute Gasteiger partial charge is 0.330 e. The average Bonchev–Trinajstić information content (AvgIpc) is 2.52. The number of ether oxygens (including phenoxy) is 1. The van der Waals surface area contributed by atoms with Crippen LogP contribution >= 0.6 is 0 Å². The van der Waals surface area contributed by atoms with E-state index in [2.05, 4.69) is 16.6 Å². The molecule has 1 N–H and O–H groups in total. The molecule has 0 aromatic carbocycles. The molecule has 0 aromatic rings. The van der Waals surface area contributed by atoms with Crippen molar-refractivity contribution in [2.75, 3.05) is 13.7 Å². The lowest BCUT2D eigenvalue weighted by molar-refractivity contribution is -0.145. The van der Waals surface area contributed by atoms with Crippen LogP contribution in [0.25, 0.3) is 0 Å². The van der Waals surface area contributed by atoms with Gasteiger partial charge in [0.2, 0.25) is 0 Å². The molecule has 11 heavy (non-hydrogen) atoms.